The molecule has 9 heteroatoms. The topological polar surface area (TPSA) is 92.6 Å². The van der Waals surface area contributed by atoms with Gasteiger partial charge in [0, 0.05) is 27.6 Å². The van der Waals surface area contributed by atoms with Crippen molar-refractivity contribution in [3.63, 3.8) is 0 Å². The quantitative estimate of drug-likeness (QED) is 0.334. The molecule has 0 radical (unpaired) electrons. The van der Waals surface area contributed by atoms with E-state index in [1.54, 1.807) is 30.3 Å². The van der Waals surface area contributed by atoms with Gasteiger partial charge >= 0.3 is 0 Å². The summed E-state index contributed by atoms with van der Waals surface area (Å²) >= 11 is 4.40. The number of carbonyl (C=O) groups is 2. The largest absolute Gasteiger partial charge is 0.321 e. The van der Waals surface area contributed by atoms with Crippen LogP contribution in [-0.4, -0.2) is 21.2 Å². The molecule has 0 aliphatic carbocycles. The molecule has 4 rings (SSSR count). The number of carbonyl (C=O) groups excluding carboxylic acids is 2. The second-order valence-corrected chi connectivity index (χ2v) is 9.79. The van der Waals surface area contributed by atoms with Crippen LogP contribution in [-0.2, 0) is 6.42 Å². The van der Waals surface area contributed by atoms with Gasteiger partial charge in [0.15, 0.2) is 4.96 Å². The highest BCUT2D eigenvalue weighted by atomic mass is 79.9. The van der Waals surface area contributed by atoms with Crippen LogP contribution in [0.1, 0.15) is 50.3 Å². The minimum absolute atomic E-state index is 0.0359. The summed E-state index contributed by atoms with van der Waals surface area (Å²) in [7, 11) is 0. The third-order valence-corrected chi connectivity index (χ3v) is 7.02. The number of rotatable bonds is 6. The minimum atomic E-state index is -0.563. The maximum absolute atomic E-state index is 13.4. The average molecular weight is 539 g/mol. The van der Waals surface area contributed by atoms with Crippen molar-refractivity contribution < 1.29 is 9.59 Å². The van der Waals surface area contributed by atoms with Crippen molar-refractivity contribution in [2.75, 3.05) is 10.6 Å². The lowest BCUT2D eigenvalue weighted by Crippen LogP contribution is -2.25. The number of aryl methyl sites for hydroxylation is 2. The number of anilines is 2. The second-order valence-electron chi connectivity index (χ2n) is 7.90. The maximum atomic E-state index is 13.4. The van der Waals surface area contributed by atoms with E-state index in [0.717, 1.165) is 33.4 Å². The smallest absolute Gasteiger partial charge is 0.274 e. The summed E-state index contributed by atoms with van der Waals surface area (Å²) < 4.78 is 2.08. The first-order valence-corrected chi connectivity index (χ1v) is 12.4. The van der Waals surface area contributed by atoms with Crippen LogP contribution in [0.2, 0.25) is 0 Å². The van der Waals surface area contributed by atoms with Gasteiger partial charge in [0.2, 0.25) is 0 Å². The van der Waals surface area contributed by atoms with E-state index in [1.807, 2.05) is 32.9 Å². The number of fused-ring (bicyclic) bond motifs is 1. The number of thiazole rings is 1. The van der Waals surface area contributed by atoms with Gasteiger partial charge in [-0.05, 0) is 61.7 Å². The molecule has 0 unspecified atom stereocenters. The molecule has 0 bridgehead atoms. The third-order valence-electron chi connectivity index (χ3n) is 5.46. The number of benzene rings is 2. The van der Waals surface area contributed by atoms with Gasteiger partial charge in [-0.25, -0.2) is 9.38 Å². The monoisotopic (exact) mass is 538 g/mol. The molecular formula is C25H23BrN4O3S. The van der Waals surface area contributed by atoms with Crippen LogP contribution in [0.25, 0.3) is 4.96 Å². The van der Waals surface area contributed by atoms with E-state index in [9.17, 15) is 14.4 Å². The SMILES string of the molecule is CCCc1cc(=O)n2c(C(=O)Nc3ccc(Br)cc3)c(C(=O)Nc3cccc(C)c3C)sc2n1. The first-order chi connectivity index (χ1) is 16.3. The lowest BCUT2D eigenvalue weighted by Gasteiger charge is -2.11. The highest BCUT2D eigenvalue weighted by Crippen LogP contribution is 2.26. The van der Waals surface area contributed by atoms with Crippen LogP contribution in [0.3, 0.4) is 0 Å². The highest BCUT2D eigenvalue weighted by Gasteiger charge is 2.27. The van der Waals surface area contributed by atoms with Crippen molar-refractivity contribution in [2.45, 2.75) is 33.6 Å². The summed E-state index contributed by atoms with van der Waals surface area (Å²) in [6.07, 6.45) is 1.46. The molecule has 0 aliphatic rings. The zero-order valence-corrected chi connectivity index (χ0v) is 21.3. The van der Waals surface area contributed by atoms with Crippen molar-refractivity contribution in [3.05, 3.63) is 90.7 Å². The molecule has 0 spiro atoms. The standard InChI is InChI=1S/C25H23BrN4O3S/c1-4-6-18-13-20(31)30-21(23(32)27-17-11-9-16(26)10-12-17)22(34-25(30)28-18)24(33)29-19-8-5-7-14(2)15(19)3/h5,7-13H,4,6H2,1-3H3,(H,27,32)(H,29,33). The van der Waals surface area contributed by atoms with Crippen molar-refractivity contribution in [2.24, 2.45) is 0 Å². The number of hydrogen-bond donors (Lipinski definition) is 2. The molecule has 2 amide bonds. The third kappa shape index (κ3) is 4.80. The lowest BCUT2D eigenvalue weighted by atomic mass is 10.1. The van der Waals surface area contributed by atoms with Gasteiger partial charge in [-0.15, -0.1) is 0 Å². The average Bonchev–Trinajstić information content (AvgIpc) is 3.19. The van der Waals surface area contributed by atoms with Crippen LogP contribution in [0.4, 0.5) is 11.4 Å². The highest BCUT2D eigenvalue weighted by molar-refractivity contribution is 9.10. The van der Waals surface area contributed by atoms with Crippen LogP contribution < -0.4 is 16.2 Å². The number of halogens is 1. The molecule has 7 nitrogen and oxygen atoms in total. The fraction of sp³-hybridized carbons (Fsp3) is 0.200. The fourth-order valence-electron chi connectivity index (χ4n) is 3.55. The van der Waals surface area contributed by atoms with Crippen LogP contribution in [0.15, 0.2) is 57.8 Å². The Morgan fingerprint density at radius 1 is 1.06 bits per heavy atom. The van der Waals surface area contributed by atoms with E-state index >= 15 is 0 Å². The molecule has 2 aromatic heterocycles. The van der Waals surface area contributed by atoms with Crippen molar-refractivity contribution in [1.29, 1.82) is 0 Å². The predicted molar refractivity (Wildman–Crippen MR) is 139 cm³/mol. The van der Waals surface area contributed by atoms with Gasteiger partial charge in [0.1, 0.15) is 10.6 Å². The molecule has 0 fully saturated rings. The molecular weight excluding hydrogens is 516 g/mol. The Hall–Kier alpha value is -3.30. The molecule has 0 saturated carbocycles. The molecule has 0 aliphatic heterocycles. The van der Waals surface area contributed by atoms with Crippen molar-refractivity contribution in [1.82, 2.24) is 9.38 Å². The summed E-state index contributed by atoms with van der Waals surface area (Å²) in [5, 5.41) is 5.69. The number of nitrogens with one attached hydrogen (secondary N) is 2. The second kappa shape index (κ2) is 9.90. The Balaban J connectivity index is 1.82. The molecule has 0 saturated heterocycles. The number of hydrogen-bond acceptors (Lipinski definition) is 5. The van der Waals surface area contributed by atoms with E-state index in [0.29, 0.717) is 28.5 Å². The fourth-order valence-corrected chi connectivity index (χ4v) is 4.86. The van der Waals surface area contributed by atoms with Crippen molar-refractivity contribution >= 4 is 55.4 Å². The maximum Gasteiger partial charge on any atom is 0.274 e. The van der Waals surface area contributed by atoms with Gasteiger partial charge in [-0.1, -0.05) is 52.7 Å². The Morgan fingerprint density at radius 2 is 1.79 bits per heavy atom. The predicted octanol–water partition coefficient (Wildman–Crippen LogP) is 5.59. The zero-order chi connectivity index (χ0) is 24.4. The molecule has 0 atom stereocenters. The van der Waals surface area contributed by atoms with Gasteiger partial charge in [0.25, 0.3) is 17.4 Å². The summed E-state index contributed by atoms with van der Waals surface area (Å²) in [6.45, 7) is 5.87. The normalized spacial score (nSPS) is 10.9. The first-order valence-electron chi connectivity index (χ1n) is 10.8. The van der Waals surface area contributed by atoms with Crippen LogP contribution in [0.5, 0.6) is 0 Å². The number of nitrogens with zero attached hydrogens (tertiary/aromatic N) is 2. The Bertz CT molecular complexity index is 1460. The van der Waals surface area contributed by atoms with Gasteiger partial charge in [-0.3, -0.25) is 14.4 Å². The summed E-state index contributed by atoms with van der Waals surface area (Å²) in [6, 6.07) is 14.1. The molecule has 2 aromatic carbocycles. The van der Waals surface area contributed by atoms with Gasteiger partial charge in [0.05, 0.1) is 0 Å². The van der Waals surface area contributed by atoms with Gasteiger partial charge in [-0.2, -0.15) is 0 Å². The summed E-state index contributed by atoms with van der Waals surface area (Å²) in [5.74, 6) is -1.03. The van der Waals surface area contributed by atoms with Crippen LogP contribution in [0, 0.1) is 13.8 Å². The Kier molecular flexibility index (Phi) is 6.95. The van der Waals surface area contributed by atoms with E-state index in [2.05, 4.69) is 31.5 Å². The molecule has 2 N–H and O–H groups in total. The Labute approximate surface area is 209 Å². The number of aromatic nitrogens is 2. The first kappa shape index (κ1) is 23.8. The van der Waals surface area contributed by atoms with E-state index in [4.69, 9.17) is 0 Å². The van der Waals surface area contributed by atoms with E-state index < -0.39 is 17.4 Å². The lowest BCUT2D eigenvalue weighted by molar-refractivity contribution is 0.0989. The summed E-state index contributed by atoms with van der Waals surface area (Å²) in [5.41, 5.74) is 3.35. The minimum Gasteiger partial charge on any atom is -0.321 e. The van der Waals surface area contributed by atoms with Crippen molar-refractivity contribution in [3.8, 4) is 0 Å². The Morgan fingerprint density at radius 3 is 2.50 bits per heavy atom. The van der Waals surface area contributed by atoms with E-state index in [1.165, 1.54) is 10.5 Å². The van der Waals surface area contributed by atoms with Gasteiger partial charge < -0.3 is 10.6 Å². The molecule has 2 heterocycles. The van der Waals surface area contributed by atoms with E-state index in [-0.39, 0.29) is 10.6 Å². The summed E-state index contributed by atoms with van der Waals surface area (Å²) in [4.78, 5) is 44.7. The molecule has 4 aromatic rings. The molecule has 174 valence electrons. The molecule has 34 heavy (non-hydrogen) atoms. The van der Waals surface area contributed by atoms with Crippen LogP contribution >= 0.6 is 27.3 Å². The zero-order valence-electron chi connectivity index (χ0n) is 18.9. The number of amides is 2.